The van der Waals surface area contributed by atoms with Crippen molar-refractivity contribution in [1.29, 1.82) is 0 Å². The lowest BCUT2D eigenvalue weighted by molar-refractivity contribution is -0.00918. The van der Waals surface area contributed by atoms with E-state index in [1.165, 1.54) is 0 Å². The van der Waals surface area contributed by atoms with Crippen molar-refractivity contribution in [2.45, 2.75) is 25.5 Å². The first-order chi connectivity index (χ1) is 9.31. The summed E-state index contributed by atoms with van der Waals surface area (Å²) in [6.45, 7) is 3.28. The third kappa shape index (κ3) is 4.39. The van der Waals surface area contributed by atoms with Gasteiger partial charge in [-0.3, -0.25) is 10.3 Å². The van der Waals surface area contributed by atoms with Gasteiger partial charge in [0.25, 0.3) is 0 Å². The second kappa shape index (κ2) is 7.34. The van der Waals surface area contributed by atoms with Crippen molar-refractivity contribution < 1.29 is 9.84 Å². The van der Waals surface area contributed by atoms with Gasteiger partial charge in [-0.2, -0.15) is 0 Å². The van der Waals surface area contributed by atoms with E-state index in [2.05, 4.69) is 20.3 Å². The molecule has 0 aromatic carbocycles. The van der Waals surface area contributed by atoms with Gasteiger partial charge < -0.3 is 9.84 Å². The topological polar surface area (TPSA) is 96.5 Å². The molecule has 0 saturated carbocycles. The molecule has 0 atom stereocenters. The first kappa shape index (κ1) is 14.1. The van der Waals surface area contributed by atoms with Crippen molar-refractivity contribution >= 4 is 5.95 Å². The van der Waals surface area contributed by atoms with Crippen LogP contribution in [0.25, 0.3) is 0 Å². The van der Waals surface area contributed by atoms with Crippen LogP contribution in [0.4, 0.5) is 5.95 Å². The molecule has 0 amide bonds. The molecule has 2 rings (SSSR count). The number of nitrogen functional groups attached to an aromatic ring is 1. The largest absolute Gasteiger partial charge is 0.394 e. The third-order valence-electron chi connectivity index (χ3n) is 3.21. The van der Waals surface area contributed by atoms with Crippen LogP contribution in [0.5, 0.6) is 0 Å². The maximum Gasteiger partial charge on any atom is 0.237 e. The minimum absolute atomic E-state index is 0.0933. The highest BCUT2D eigenvalue weighted by atomic mass is 16.5. The van der Waals surface area contributed by atoms with E-state index in [0.29, 0.717) is 12.6 Å². The number of hydrogen-bond acceptors (Lipinski definition) is 7. The van der Waals surface area contributed by atoms with Crippen molar-refractivity contribution in [2.75, 3.05) is 31.7 Å². The Kier molecular flexibility index (Phi) is 5.46. The van der Waals surface area contributed by atoms with Gasteiger partial charge in [-0.05, 0) is 18.9 Å². The number of aliphatic hydroxyl groups is 1. The number of rotatable bonds is 6. The zero-order valence-corrected chi connectivity index (χ0v) is 11.0. The summed E-state index contributed by atoms with van der Waals surface area (Å²) in [5.41, 5.74) is 3.41. The van der Waals surface area contributed by atoms with E-state index in [1.54, 1.807) is 6.20 Å². The number of hydrogen-bond donors (Lipinski definition) is 3. The second-order valence-electron chi connectivity index (χ2n) is 4.59. The highest BCUT2D eigenvalue weighted by molar-refractivity contribution is 5.22. The van der Waals surface area contributed by atoms with Gasteiger partial charge in [-0.1, -0.05) is 0 Å². The number of ether oxygens (including phenoxy) is 1. The summed E-state index contributed by atoms with van der Waals surface area (Å²) in [6.07, 6.45) is 3.96. The van der Waals surface area contributed by atoms with Crippen LogP contribution in [-0.4, -0.2) is 52.4 Å². The van der Waals surface area contributed by atoms with Crippen LogP contribution in [0.3, 0.4) is 0 Å². The number of likely N-dealkylation sites (tertiary alicyclic amines) is 1. The van der Waals surface area contributed by atoms with E-state index in [1.807, 2.05) is 6.07 Å². The maximum atomic E-state index is 8.73. The van der Waals surface area contributed by atoms with E-state index in [0.717, 1.165) is 38.2 Å². The van der Waals surface area contributed by atoms with Gasteiger partial charge >= 0.3 is 0 Å². The lowest BCUT2D eigenvalue weighted by Gasteiger charge is -2.31. The van der Waals surface area contributed by atoms with Crippen molar-refractivity contribution in [3.8, 4) is 0 Å². The minimum atomic E-state index is 0.0933. The average Bonchev–Trinajstić information content (AvgIpc) is 2.47. The fourth-order valence-electron chi connectivity index (χ4n) is 2.24. The van der Waals surface area contributed by atoms with E-state index in [9.17, 15) is 0 Å². The number of anilines is 1. The summed E-state index contributed by atoms with van der Waals surface area (Å²) in [7, 11) is 0. The highest BCUT2D eigenvalue weighted by Crippen LogP contribution is 2.15. The molecule has 106 valence electrons. The molecular formula is C12H21N5O2. The molecule has 0 radical (unpaired) electrons. The Labute approximate surface area is 112 Å². The molecule has 1 aromatic heterocycles. The Morgan fingerprint density at radius 2 is 2.26 bits per heavy atom. The Morgan fingerprint density at radius 1 is 1.47 bits per heavy atom. The van der Waals surface area contributed by atoms with Crippen molar-refractivity contribution in [1.82, 2.24) is 14.9 Å². The maximum absolute atomic E-state index is 8.73. The van der Waals surface area contributed by atoms with Crippen LogP contribution in [0, 0.1) is 0 Å². The van der Waals surface area contributed by atoms with E-state index in [-0.39, 0.29) is 12.7 Å². The molecule has 0 bridgehead atoms. The molecule has 1 aromatic rings. The van der Waals surface area contributed by atoms with Crippen LogP contribution in [0.2, 0.25) is 0 Å². The van der Waals surface area contributed by atoms with Gasteiger partial charge in [-0.15, -0.1) is 0 Å². The standard InChI is InChI=1S/C12H21N5O2/c13-16-12-14-4-1-10(15-12)9-17-5-2-11(3-6-17)19-8-7-18/h1,4,11,18H,2-3,5-9,13H2,(H,14,15,16). The summed E-state index contributed by atoms with van der Waals surface area (Å²) in [5, 5.41) is 8.73. The molecule has 0 spiro atoms. The number of nitrogens with two attached hydrogens (primary N) is 1. The SMILES string of the molecule is NNc1nccc(CN2CCC(OCCO)CC2)n1. The Balaban J connectivity index is 1.78. The van der Waals surface area contributed by atoms with E-state index >= 15 is 0 Å². The molecule has 1 aliphatic heterocycles. The number of aliphatic hydroxyl groups excluding tert-OH is 1. The lowest BCUT2D eigenvalue weighted by atomic mass is 10.1. The van der Waals surface area contributed by atoms with Gasteiger partial charge in [0.2, 0.25) is 5.95 Å². The number of nitrogens with one attached hydrogen (secondary N) is 1. The van der Waals surface area contributed by atoms with Crippen LogP contribution in [0.1, 0.15) is 18.5 Å². The van der Waals surface area contributed by atoms with E-state index < -0.39 is 0 Å². The lowest BCUT2D eigenvalue weighted by Crippen LogP contribution is -2.37. The van der Waals surface area contributed by atoms with Gasteiger partial charge in [-0.25, -0.2) is 15.8 Å². The van der Waals surface area contributed by atoms with Crippen molar-refractivity contribution in [3.63, 3.8) is 0 Å². The predicted molar refractivity (Wildman–Crippen MR) is 71.2 cm³/mol. The fraction of sp³-hybridized carbons (Fsp3) is 0.667. The Bertz CT molecular complexity index is 382. The molecule has 7 nitrogen and oxygen atoms in total. The first-order valence-electron chi connectivity index (χ1n) is 6.55. The third-order valence-corrected chi connectivity index (χ3v) is 3.21. The normalized spacial score (nSPS) is 17.6. The second-order valence-corrected chi connectivity index (χ2v) is 4.59. The molecule has 1 aliphatic rings. The Hall–Kier alpha value is -1.28. The number of hydrazine groups is 1. The average molecular weight is 267 g/mol. The zero-order valence-electron chi connectivity index (χ0n) is 11.0. The molecule has 0 aliphatic carbocycles. The van der Waals surface area contributed by atoms with Crippen molar-refractivity contribution in [2.24, 2.45) is 5.84 Å². The summed E-state index contributed by atoms with van der Waals surface area (Å²) in [4.78, 5) is 10.6. The van der Waals surface area contributed by atoms with E-state index in [4.69, 9.17) is 15.7 Å². The number of nitrogens with zero attached hydrogens (tertiary/aromatic N) is 3. The van der Waals surface area contributed by atoms with Crippen LogP contribution in [-0.2, 0) is 11.3 Å². The van der Waals surface area contributed by atoms with Crippen LogP contribution in [0.15, 0.2) is 12.3 Å². The molecule has 4 N–H and O–H groups in total. The number of piperidine rings is 1. The zero-order chi connectivity index (χ0) is 13.5. The molecule has 1 fully saturated rings. The van der Waals surface area contributed by atoms with Crippen LogP contribution < -0.4 is 11.3 Å². The first-order valence-corrected chi connectivity index (χ1v) is 6.55. The quantitative estimate of drug-likeness (QED) is 0.482. The molecule has 1 saturated heterocycles. The Morgan fingerprint density at radius 3 is 2.95 bits per heavy atom. The van der Waals surface area contributed by atoms with Crippen molar-refractivity contribution in [3.05, 3.63) is 18.0 Å². The number of aromatic nitrogens is 2. The minimum Gasteiger partial charge on any atom is -0.394 e. The molecule has 7 heteroatoms. The summed E-state index contributed by atoms with van der Waals surface area (Å²) >= 11 is 0. The van der Waals surface area contributed by atoms with Gasteiger partial charge in [0.1, 0.15) is 0 Å². The smallest absolute Gasteiger partial charge is 0.237 e. The monoisotopic (exact) mass is 267 g/mol. The van der Waals surface area contributed by atoms with Gasteiger partial charge in [0.15, 0.2) is 0 Å². The summed E-state index contributed by atoms with van der Waals surface area (Å²) in [6, 6.07) is 1.90. The summed E-state index contributed by atoms with van der Waals surface area (Å²) in [5.74, 6) is 5.73. The summed E-state index contributed by atoms with van der Waals surface area (Å²) < 4.78 is 5.54. The molecule has 2 heterocycles. The fourth-order valence-corrected chi connectivity index (χ4v) is 2.24. The molecular weight excluding hydrogens is 246 g/mol. The van der Waals surface area contributed by atoms with Crippen LogP contribution >= 0.6 is 0 Å². The van der Waals surface area contributed by atoms with Gasteiger partial charge in [0.05, 0.1) is 25.0 Å². The van der Waals surface area contributed by atoms with Gasteiger partial charge in [0, 0.05) is 25.8 Å². The highest BCUT2D eigenvalue weighted by Gasteiger charge is 2.19. The molecule has 0 unspecified atom stereocenters. The molecule has 19 heavy (non-hydrogen) atoms. The predicted octanol–water partition coefficient (Wildman–Crippen LogP) is -0.265.